The van der Waals surface area contributed by atoms with Crippen molar-refractivity contribution in [2.45, 2.75) is 62.5 Å². The summed E-state index contributed by atoms with van der Waals surface area (Å²) in [4.78, 5) is 27.4. The highest BCUT2D eigenvalue weighted by molar-refractivity contribution is 5.84. The van der Waals surface area contributed by atoms with Crippen LogP contribution in [0.4, 0.5) is 26.3 Å². The van der Waals surface area contributed by atoms with E-state index < -0.39 is 40.8 Å². The van der Waals surface area contributed by atoms with Gasteiger partial charge in [-0.15, -0.1) is 0 Å². The van der Waals surface area contributed by atoms with E-state index >= 15 is 0 Å². The minimum absolute atomic E-state index is 0.0439. The van der Waals surface area contributed by atoms with E-state index in [-0.39, 0.29) is 23.6 Å². The van der Waals surface area contributed by atoms with Crippen LogP contribution in [-0.4, -0.2) is 42.4 Å². The first-order chi connectivity index (χ1) is 17.8. The van der Waals surface area contributed by atoms with E-state index in [9.17, 15) is 35.9 Å². The number of halogens is 6. The van der Waals surface area contributed by atoms with Crippen molar-refractivity contribution in [1.29, 1.82) is 0 Å². The van der Waals surface area contributed by atoms with Crippen LogP contribution in [0.15, 0.2) is 48.5 Å². The predicted octanol–water partition coefficient (Wildman–Crippen LogP) is 5.21. The number of hydrogen-bond acceptors (Lipinski definition) is 3. The SMILES string of the molecule is CC(C(=O)NC1(c2ccccc2)CCC(N2CCNC(=O)C2)CC1)c1cc(C(F)(F)F)cc(C(F)(F)F)c1. The van der Waals surface area contributed by atoms with Crippen molar-refractivity contribution in [3.8, 4) is 0 Å². The molecule has 1 atom stereocenters. The molecule has 38 heavy (non-hydrogen) atoms. The van der Waals surface area contributed by atoms with Gasteiger partial charge in [0.1, 0.15) is 0 Å². The number of carbonyl (C=O) groups excluding carboxylic acids is 2. The molecule has 0 spiro atoms. The molecule has 2 aromatic rings. The molecule has 4 rings (SSSR count). The number of alkyl halides is 6. The normalized spacial score (nSPS) is 24.0. The van der Waals surface area contributed by atoms with Gasteiger partial charge in [-0.3, -0.25) is 14.5 Å². The summed E-state index contributed by atoms with van der Waals surface area (Å²) >= 11 is 0. The molecular weight excluding hydrogens is 512 g/mol. The highest BCUT2D eigenvalue weighted by Gasteiger charge is 2.42. The maximum Gasteiger partial charge on any atom is 0.416 e. The molecule has 0 bridgehead atoms. The zero-order chi connectivity index (χ0) is 27.7. The standard InChI is InChI=1S/C27H29F6N3O2/c1-17(18-13-20(26(28,29)30)15-21(14-18)27(31,32)33)24(38)35-25(19-5-3-2-4-6-19)9-7-22(8-10-25)36-12-11-34-23(37)16-36/h2-6,13-15,17,22H,7-12,16H2,1H3,(H,34,37)(H,35,38). The van der Waals surface area contributed by atoms with Gasteiger partial charge in [-0.05, 0) is 61.9 Å². The topological polar surface area (TPSA) is 61.4 Å². The van der Waals surface area contributed by atoms with E-state index in [0.717, 1.165) is 12.1 Å². The molecule has 1 unspecified atom stereocenters. The number of carbonyl (C=O) groups is 2. The molecule has 2 fully saturated rings. The quantitative estimate of drug-likeness (QED) is 0.511. The molecule has 1 aliphatic carbocycles. The summed E-state index contributed by atoms with van der Waals surface area (Å²) < 4.78 is 80.2. The zero-order valence-electron chi connectivity index (χ0n) is 20.8. The fourth-order valence-electron chi connectivity index (χ4n) is 5.40. The van der Waals surface area contributed by atoms with Crippen LogP contribution in [0.25, 0.3) is 0 Å². The highest BCUT2D eigenvalue weighted by Crippen LogP contribution is 2.41. The maximum atomic E-state index is 13.4. The number of amides is 2. The molecule has 2 N–H and O–H groups in total. The van der Waals surface area contributed by atoms with Crippen molar-refractivity contribution in [1.82, 2.24) is 15.5 Å². The van der Waals surface area contributed by atoms with Crippen LogP contribution in [0.3, 0.4) is 0 Å². The van der Waals surface area contributed by atoms with Gasteiger partial charge in [-0.25, -0.2) is 0 Å². The average Bonchev–Trinajstić information content (AvgIpc) is 2.88. The molecule has 0 aromatic heterocycles. The summed E-state index contributed by atoms with van der Waals surface area (Å²) in [5, 5.41) is 5.79. The zero-order valence-corrected chi connectivity index (χ0v) is 20.8. The van der Waals surface area contributed by atoms with Crippen LogP contribution in [0.1, 0.15) is 60.8 Å². The van der Waals surface area contributed by atoms with Crippen molar-refractivity contribution in [3.63, 3.8) is 0 Å². The van der Waals surface area contributed by atoms with Crippen molar-refractivity contribution >= 4 is 11.8 Å². The van der Waals surface area contributed by atoms with E-state index in [1.54, 1.807) is 0 Å². The lowest BCUT2D eigenvalue weighted by Crippen LogP contribution is -2.56. The molecule has 1 aliphatic heterocycles. The van der Waals surface area contributed by atoms with Crippen molar-refractivity contribution in [2.75, 3.05) is 19.6 Å². The Bertz CT molecular complexity index is 1130. The van der Waals surface area contributed by atoms with E-state index in [0.29, 0.717) is 50.9 Å². The lowest BCUT2D eigenvalue weighted by Gasteiger charge is -2.45. The molecule has 2 aliphatic rings. The first kappa shape index (κ1) is 27.9. The minimum Gasteiger partial charge on any atom is -0.354 e. The molecule has 206 valence electrons. The molecular formula is C27H29F6N3O2. The van der Waals surface area contributed by atoms with Gasteiger partial charge in [-0.2, -0.15) is 26.3 Å². The molecule has 5 nitrogen and oxygen atoms in total. The number of nitrogens with one attached hydrogen (secondary N) is 2. The van der Waals surface area contributed by atoms with Crippen molar-refractivity contribution in [2.24, 2.45) is 0 Å². The van der Waals surface area contributed by atoms with Crippen molar-refractivity contribution < 1.29 is 35.9 Å². The summed E-state index contributed by atoms with van der Waals surface area (Å²) in [5.41, 5.74) is -3.29. The molecule has 1 saturated heterocycles. The molecule has 1 saturated carbocycles. The maximum absolute atomic E-state index is 13.4. The Kier molecular flexibility index (Phi) is 7.79. The Morgan fingerprint density at radius 2 is 1.58 bits per heavy atom. The third kappa shape index (κ3) is 6.14. The van der Waals surface area contributed by atoms with Crippen LogP contribution in [0, 0.1) is 0 Å². The lowest BCUT2D eigenvalue weighted by molar-refractivity contribution is -0.143. The van der Waals surface area contributed by atoms with Crippen LogP contribution < -0.4 is 10.6 Å². The summed E-state index contributed by atoms with van der Waals surface area (Å²) in [6.45, 7) is 2.88. The average molecular weight is 542 g/mol. The third-order valence-electron chi connectivity index (χ3n) is 7.59. The Hall–Kier alpha value is -3.08. The van der Waals surface area contributed by atoms with Gasteiger partial charge in [0.25, 0.3) is 0 Å². The van der Waals surface area contributed by atoms with Gasteiger partial charge in [0.15, 0.2) is 0 Å². The monoisotopic (exact) mass is 541 g/mol. The van der Waals surface area contributed by atoms with Crippen LogP contribution in [0.5, 0.6) is 0 Å². The number of rotatable bonds is 5. The first-order valence-electron chi connectivity index (χ1n) is 12.5. The van der Waals surface area contributed by atoms with E-state index in [1.807, 2.05) is 30.3 Å². The molecule has 11 heteroatoms. The van der Waals surface area contributed by atoms with Crippen LogP contribution >= 0.6 is 0 Å². The Morgan fingerprint density at radius 1 is 1.00 bits per heavy atom. The second-order valence-electron chi connectivity index (χ2n) is 10.0. The molecule has 0 radical (unpaired) electrons. The van der Waals surface area contributed by atoms with Gasteiger partial charge >= 0.3 is 12.4 Å². The van der Waals surface area contributed by atoms with E-state index in [4.69, 9.17) is 0 Å². The fourth-order valence-corrected chi connectivity index (χ4v) is 5.40. The van der Waals surface area contributed by atoms with Gasteiger partial charge in [-0.1, -0.05) is 30.3 Å². The largest absolute Gasteiger partial charge is 0.416 e. The fraction of sp³-hybridized carbons (Fsp3) is 0.481. The number of benzene rings is 2. The Labute approximate surface area is 216 Å². The molecule has 2 amide bonds. The van der Waals surface area contributed by atoms with Gasteiger partial charge in [0.05, 0.1) is 29.1 Å². The number of nitrogens with zero attached hydrogens (tertiary/aromatic N) is 1. The van der Waals surface area contributed by atoms with Crippen LogP contribution in [0.2, 0.25) is 0 Å². The predicted molar refractivity (Wildman–Crippen MR) is 128 cm³/mol. The van der Waals surface area contributed by atoms with Crippen molar-refractivity contribution in [3.05, 3.63) is 70.8 Å². The second-order valence-corrected chi connectivity index (χ2v) is 10.0. The lowest BCUT2D eigenvalue weighted by atomic mass is 9.74. The Balaban J connectivity index is 1.59. The van der Waals surface area contributed by atoms with Gasteiger partial charge in [0.2, 0.25) is 11.8 Å². The van der Waals surface area contributed by atoms with Gasteiger partial charge in [0, 0.05) is 19.1 Å². The van der Waals surface area contributed by atoms with Crippen LogP contribution in [-0.2, 0) is 27.5 Å². The summed E-state index contributed by atoms with van der Waals surface area (Å²) in [6.07, 6.45) is -7.65. The highest BCUT2D eigenvalue weighted by atomic mass is 19.4. The smallest absolute Gasteiger partial charge is 0.354 e. The Morgan fingerprint density at radius 3 is 2.11 bits per heavy atom. The first-order valence-corrected chi connectivity index (χ1v) is 12.5. The van der Waals surface area contributed by atoms with E-state index in [1.165, 1.54) is 6.92 Å². The molecule has 2 aromatic carbocycles. The third-order valence-corrected chi connectivity index (χ3v) is 7.59. The summed E-state index contributed by atoms with van der Waals surface area (Å²) in [5.74, 6) is -1.96. The van der Waals surface area contributed by atoms with E-state index in [2.05, 4.69) is 15.5 Å². The second kappa shape index (κ2) is 10.6. The number of piperazine rings is 1. The summed E-state index contributed by atoms with van der Waals surface area (Å²) in [6, 6.07) is 10.6. The summed E-state index contributed by atoms with van der Waals surface area (Å²) in [7, 11) is 0. The van der Waals surface area contributed by atoms with Gasteiger partial charge < -0.3 is 10.6 Å². The minimum atomic E-state index is -5.00. The molecule has 1 heterocycles. The number of hydrogen-bond donors (Lipinski definition) is 2.